The van der Waals surface area contributed by atoms with Gasteiger partial charge in [0.1, 0.15) is 0 Å². The van der Waals surface area contributed by atoms with Crippen LogP contribution in [0.2, 0.25) is 0 Å². The van der Waals surface area contributed by atoms with E-state index in [2.05, 4.69) is 41.7 Å². The number of thiazole rings is 1. The van der Waals surface area contributed by atoms with E-state index in [0.717, 1.165) is 24.2 Å². The average molecular weight is 388 g/mol. The lowest BCUT2D eigenvalue weighted by Crippen LogP contribution is -2.09. The number of anilines is 1. The van der Waals surface area contributed by atoms with E-state index in [1.165, 1.54) is 41.0 Å². The van der Waals surface area contributed by atoms with Crippen LogP contribution in [0, 0.1) is 13.8 Å². The summed E-state index contributed by atoms with van der Waals surface area (Å²) in [5.74, 6) is -0.270. The number of carbonyl (C=O) groups is 2. The molecule has 0 aromatic carbocycles. The second kappa shape index (κ2) is 7.55. The lowest BCUT2D eigenvalue weighted by atomic mass is 10.2. The Bertz CT molecular complexity index is 966. The van der Waals surface area contributed by atoms with E-state index in [1.807, 2.05) is 5.38 Å². The van der Waals surface area contributed by atoms with E-state index in [-0.39, 0.29) is 11.7 Å². The van der Waals surface area contributed by atoms with Crippen molar-refractivity contribution in [2.24, 2.45) is 0 Å². The summed E-state index contributed by atoms with van der Waals surface area (Å²) in [7, 11) is 0. The molecule has 7 heteroatoms. The molecule has 0 spiro atoms. The average Bonchev–Trinajstić information content (AvgIpc) is 3.30. The van der Waals surface area contributed by atoms with Crippen LogP contribution in [0.5, 0.6) is 0 Å². The highest BCUT2D eigenvalue weighted by Gasteiger charge is 2.16. The molecule has 0 aliphatic rings. The highest BCUT2D eigenvalue weighted by molar-refractivity contribution is 7.16. The first-order valence-electron chi connectivity index (χ1n) is 8.45. The monoisotopic (exact) mass is 387 g/mol. The number of nitrogens with zero attached hydrogens (tertiary/aromatic N) is 2. The van der Waals surface area contributed by atoms with Crippen LogP contribution in [0.1, 0.15) is 51.0 Å². The summed E-state index contributed by atoms with van der Waals surface area (Å²) in [4.78, 5) is 29.4. The van der Waals surface area contributed by atoms with Gasteiger partial charge in [-0.25, -0.2) is 4.98 Å². The van der Waals surface area contributed by atoms with Gasteiger partial charge >= 0.3 is 0 Å². The fraction of sp³-hybridized carbons (Fsp3) is 0.316. The molecule has 0 radical (unpaired) electrons. The molecular weight excluding hydrogens is 366 g/mol. The van der Waals surface area contributed by atoms with Crippen molar-refractivity contribution in [1.82, 2.24) is 9.55 Å². The molecule has 3 rings (SSSR count). The van der Waals surface area contributed by atoms with Crippen molar-refractivity contribution >= 4 is 39.5 Å². The Morgan fingerprint density at radius 2 is 1.96 bits per heavy atom. The van der Waals surface area contributed by atoms with Crippen LogP contribution >= 0.6 is 22.7 Å². The first-order valence-corrected chi connectivity index (χ1v) is 10.1. The van der Waals surface area contributed by atoms with Gasteiger partial charge in [0.25, 0.3) is 5.91 Å². The Morgan fingerprint density at radius 3 is 2.62 bits per heavy atom. The number of carbonyl (C=O) groups excluding carboxylic acids is 2. The standard InChI is InChI=1S/C19H21N3O2S2/c1-5-8-22-11(2)9-14(12(22)3)15-10-25-19(20-15)21-18(24)17-7-6-16(26-17)13(4)23/h6-7,9-10H,5,8H2,1-4H3,(H,20,21,24). The minimum absolute atomic E-state index is 0.0342. The van der Waals surface area contributed by atoms with Crippen LogP contribution < -0.4 is 5.32 Å². The second-order valence-electron chi connectivity index (χ2n) is 6.15. The number of hydrogen-bond donors (Lipinski definition) is 1. The summed E-state index contributed by atoms with van der Waals surface area (Å²) < 4.78 is 2.29. The third-order valence-electron chi connectivity index (χ3n) is 4.20. The number of nitrogens with one attached hydrogen (secondary N) is 1. The van der Waals surface area contributed by atoms with E-state index >= 15 is 0 Å². The minimum atomic E-state index is -0.236. The molecule has 136 valence electrons. The van der Waals surface area contributed by atoms with Gasteiger partial charge in [-0.15, -0.1) is 22.7 Å². The van der Waals surface area contributed by atoms with Crippen molar-refractivity contribution in [3.8, 4) is 11.3 Å². The number of ketones is 1. The third-order valence-corrected chi connectivity index (χ3v) is 6.14. The summed E-state index contributed by atoms with van der Waals surface area (Å²) >= 11 is 2.60. The van der Waals surface area contributed by atoms with Gasteiger partial charge in [-0.1, -0.05) is 6.92 Å². The number of rotatable bonds is 6. The third kappa shape index (κ3) is 3.64. The van der Waals surface area contributed by atoms with Gasteiger partial charge in [0.15, 0.2) is 10.9 Å². The van der Waals surface area contributed by atoms with Crippen LogP contribution in [0.25, 0.3) is 11.3 Å². The quantitative estimate of drug-likeness (QED) is 0.595. The predicted octanol–water partition coefficient (Wildman–Crippen LogP) is 5.15. The number of hydrogen-bond acceptors (Lipinski definition) is 5. The van der Waals surface area contributed by atoms with Gasteiger partial charge in [0.05, 0.1) is 15.4 Å². The molecular formula is C19H21N3O2S2. The summed E-state index contributed by atoms with van der Waals surface area (Å²) in [6, 6.07) is 5.49. The van der Waals surface area contributed by atoms with Crippen molar-refractivity contribution in [2.45, 2.75) is 40.7 Å². The normalized spacial score (nSPS) is 10.9. The van der Waals surface area contributed by atoms with Crippen LogP contribution in [0.4, 0.5) is 5.13 Å². The number of thiophene rings is 1. The molecule has 0 atom stereocenters. The van der Waals surface area contributed by atoms with E-state index in [1.54, 1.807) is 12.1 Å². The Balaban J connectivity index is 1.78. The topological polar surface area (TPSA) is 64.0 Å². The zero-order chi connectivity index (χ0) is 18.8. The smallest absolute Gasteiger partial charge is 0.267 e. The lowest BCUT2D eigenvalue weighted by Gasteiger charge is -2.07. The molecule has 0 aliphatic heterocycles. The molecule has 0 fully saturated rings. The van der Waals surface area contributed by atoms with Gasteiger partial charge in [0.2, 0.25) is 0 Å². The van der Waals surface area contributed by atoms with Crippen LogP contribution in [0.15, 0.2) is 23.6 Å². The zero-order valence-corrected chi connectivity index (χ0v) is 16.9. The zero-order valence-electron chi connectivity index (χ0n) is 15.3. The Morgan fingerprint density at radius 1 is 1.23 bits per heavy atom. The van der Waals surface area contributed by atoms with E-state index < -0.39 is 0 Å². The number of Topliss-reactive ketones (excluding diaryl/α,β-unsaturated/α-hetero) is 1. The van der Waals surface area contributed by atoms with Crippen molar-refractivity contribution in [2.75, 3.05) is 5.32 Å². The fourth-order valence-corrected chi connectivity index (χ4v) is 4.39. The largest absolute Gasteiger partial charge is 0.348 e. The van der Waals surface area contributed by atoms with Gasteiger partial charge in [-0.2, -0.15) is 0 Å². The molecule has 3 heterocycles. The van der Waals surface area contributed by atoms with Gasteiger partial charge in [-0.3, -0.25) is 14.9 Å². The van der Waals surface area contributed by atoms with Gasteiger partial charge < -0.3 is 4.57 Å². The summed E-state index contributed by atoms with van der Waals surface area (Å²) in [6.07, 6.45) is 1.08. The first kappa shape index (κ1) is 18.5. The SMILES string of the molecule is CCCn1c(C)cc(-c2csc(NC(=O)c3ccc(C(C)=O)s3)n2)c1C. The van der Waals surface area contributed by atoms with Crippen LogP contribution in [0.3, 0.4) is 0 Å². The number of amides is 1. The maximum Gasteiger partial charge on any atom is 0.267 e. The fourth-order valence-electron chi connectivity index (χ4n) is 2.89. The van der Waals surface area contributed by atoms with Crippen LogP contribution in [-0.4, -0.2) is 21.2 Å². The molecule has 5 nitrogen and oxygen atoms in total. The second-order valence-corrected chi connectivity index (χ2v) is 8.09. The Hall–Kier alpha value is -2.25. The molecule has 0 saturated heterocycles. The Labute approximate surface area is 160 Å². The Kier molecular flexibility index (Phi) is 5.38. The molecule has 1 amide bonds. The summed E-state index contributed by atoms with van der Waals surface area (Å²) in [6.45, 7) is 8.85. The number of aryl methyl sites for hydroxylation is 1. The lowest BCUT2D eigenvalue weighted by molar-refractivity contribution is 0.101. The maximum atomic E-state index is 12.4. The van der Waals surface area contributed by atoms with Crippen molar-refractivity contribution in [3.63, 3.8) is 0 Å². The van der Waals surface area contributed by atoms with E-state index in [0.29, 0.717) is 14.9 Å². The molecule has 3 aromatic rings. The minimum Gasteiger partial charge on any atom is -0.348 e. The molecule has 26 heavy (non-hydrogen) atoms. The molecule has 0 saturated carbocycles. The van der Waals surface area contributed by atoms with Crippen LogP contribution in [-0.2, 0) is 6.54 Å². The highest BCUT2D eigenvalue weighted by atomic mass is 32.1. The maximum absolute atomic E-state index is 12.4. The highest BCUT2D eigenvalue weighted by Crippen LogP contribution is 2.30. The summed E-state index contributed by atoms with van der Waals surface area (Å²) in [5, 5.41) is 5.35. The first-order chi connectivity index (χ1) is 12.4. The predicted molar refractivity (Wildman–Crippen MR) is 108 cm³/mol. The molecule has 3 aromatic heterocycles. The number of aromatic nitrogens is 2. The van der Waals surface area contributed by atoms with Gasteiger partial charge in [-0.05, 0) is 45.4 Å². The molecule has 0 bridgehead atoms. The van der Waals surface area contributed by atoms with Gasteiger partial charge in [0, 0.05) is 28.9 Å². The van der Waals surface area contributed by atoms with Crippen molar-refractivity contribution in [3.05, 3.63) is 44.7 Å². The van der Waals surface area contributed by atoms with E-state index in [4.69, 9.17) is 0 Å². The van der Waals surface area contributed by atoms with Crippen molar-refractivity contribution < 1.29 is 9.59 Å². The van der Waals surface area contributed by atoms with E-state index in [9.17, 15) is 9.59 Å². The molecule has 1 N–H and O–H groups in total. The molecule has 0 aliphatic carbocycles. The van der Waals surface area contributed by atoms with Crippen molar-refractivity contribution in [1.29, 1.82) is 0 Å². The summed E-state index contributed by atoms with van der Waals surface area (Å²) in [5.41, 5.74) is 4.38. The molecule has 0 unspecified atom stereocenters.